The molecular formula is C19H26O2. The molecule has 1 aromatic carbocycles. The third kappa shape index (κ3) is 7.50. The van der Waals surface area contributed by atoms with Crippen molar-refractivity contribution in [1.82, 2.24) is 0 Å². The number of carbonyl (C=O) groups is 1. The Morgan fingerprint density at radius 2 is 1.76 bits per heavy atom. The van der Waals surface area contributed by atoms with Crippen LogP contribution in [0, 0.1) is 0 Å². The molecule has 1 rings (SSSR count). The molecule has 0 fully saturated rings. The molecule has 0 radical (unpaired) electrons. The average molecular weight is 286 g/mol. The first-order valence-electron chi connectivity index (χ1n) is 7.50. The molecule has 0 aliphatic rings. The first-order valence-corrected chi connectivity index (χ1v) is 7.50. The monoisotopic (exact) mass is 286 g/mol. The highest BCUT2D eigenvalue weighted by molar-refractivity contribution is 5.66. The van der Waals surface area contributed by atoms with E-state index in [1.807, 2.05) is 30.3 Å². The number of ether oxygens (including phenoxy) is 1. The van der Waals surface area contributed by atoms with Gasteiger partial charge in [-0.25, -0.2) is 0 Å². The zero-order chi connectivity index (χ0) is 15.7. The number of esters is 1. The maximum Gasteiger partial charge on any atom is 0.303 e. The maximum absolute atomic E-state index is 11.3. The number of benzene rings is 1. The van der Waals surface area contributed by atoms with Crippen LogP contribution in [0.3, 0.4) is 0 Å². The number of carbonyl (C=O) groups excluding carboxylic acids is 1. The number of hydrogen-bond donors (Lipinski definition) is 0. The molecule has 0 saturated carbocycles. The summed E-state index contributed by atoms with van der Waals surface area (Å²) in [5.41, 5.74) is 3.73. The molecule has 0 aliphatic heterocycles. The predicted octanol–water partition coefficient (Wildman–Crippen LogP) is 5.37. The van der Waals surface area contributed by atoms with Crippen LogP contribution in [-0.4, -0.2) is 5.97 Å². The molecule has 1 atom stereocenters. The molecule has 2 heteroatoms. The fraction of sp³-hybridized carbons (Fsp3) is 0.421. The van der Waals surface area contributed by atoms with E-state index in [0.29, 0.717) is 0 Å². The average Bonchev–Trinajstić information content (AvgIpc) is 2.43. The Bertz CT molecular complexity index is 494. The van der Waals surface area contributed by atoms with Crippen molar-refractivity contribution in [3.8, 4) is 0 Å². The van der Waals surface area contributed by atoms with Gasteiger partial charge in [0.2, 0.25) is 0 Å². The van der Waals surface area contributed by atoms with Crippen molar-refractivity contribution in [2.75, 3.05) is 0 Å². The van der Waals surface area contributed by atoms with Gasteiger partial charge in [0.05, 0.1) is 0 Å². The summed E-state index contributed by atoms with van der Waals surface area (Å²) in [5.74, 6) is -0.237. The van der Waals surface area contributed by atoms with Crippen molar-refractivity contribution in [2.45, 2.75) is 53.1 Å². The number of hydrogen-bond acceptors (Lipinski definition) is 2. The Balaban J connectivity index is 2.65. The van der Waals surface area contributed by atoms with Crippen molar-refractivity contribution >= 4 is 5.97 Å². The zero-order valence-corrected chi connectivity index (χ0v) is 13.6. The molecular weight excluding hydrogens is 260 g/mol. The fourth-order valence-electron chi connectivity index (χ4n) is 2.12. The van der Waals surface area contributed by atoms with E-state index >= 15 is 0 Å². The van der Waals surface area contributed by atoms with Crippen molar-refractivity contribution in [2.24, 2.45) is 0 Å². The molecule has 0 N–H and O–H groups in total. The van der Waals surface area contributed by atoms with E-state index in [4.69, 9.17) is 4.74 Å². The second kappa shape index (κ2) is 9.17. The quantitative estimate of drug-likeness (QED) is 0.497. The molecule has 0 bridgehead atoms. The van der Waals surface area contributed by atoms with Gasteiger partial charge in [0.1, 0.15) is 6.10 Å². The summed E-state index contributed by atoms with van der Waals surface area (Å²) >= 11 is 0. The topological polar surface area (TPSA) is 26.3 Å². The predicted molar refractivity (Wildman–Crippen MR) is 88.0 cm³/mol. The van der Waals surface area contributed by atoms with Crippen molar-refractivity contribution in [1.29, 1.82) is 0 Å². The van der Waals surface area contributed by atoms with Crippen LogP contribution in [0.15, 0.2) is 53.6 Å². The van der Waals surface area contributed by atoms with Crippen LogP contribution in [0.5, 0.6) is 0 Å². The van der Waals surface area contributed by atoms with Gasteiger partial charge in [-0.3, -0.25) is 4.79 Å². The van der Waals surface area contributed by atoms with Gasteiger partial charge < -0.3 is 4.74 Å². The van der Waals surface area contributed by atoms with Gasteiger partial charge >= 0.3 is 5.97 Å². The van der Waals surface area contributed by atoms with Crippen LogP contribution >= 0.6 is 0 Å². The van der Waals surface area contributed by atoms with Crippen LogP contribution in [0.25, 0.3) is 0 Å². The van der Waals surface area contributed by atoms with Crippen molar-refractivity contribution in [3.63, 3.8) is 0 Å². The molecule has 0 heterocycles. The van der Waals surface area contributed by atoms with Gasteiger partial charge in [-0.05, 0) is 39.2 Å². The summed E-state index contributed by atoms with van der Waals surface area (Å²) < 4.78 is 5.43. The van der Waals surface area contributed by atoms with Gasteiger partial charge in [0.15, 0.2) is 0 Å². The standard InChI is InChI=1S/C19H26O2/c1-15(2)9-8-10-16(3)13-14-19(21-17(4)20)18-11-6-5-7-12-18/h5-7,9,11-13,19H,8,10,14H2,1-4H3/b16-13+. The minimum Gasteiger partial charge on any atom is -0.457 e. The molecule has 114 valence electrons. The zero-order valence-electron chi connectivity index (χ0n) is 13.6. The maximum atomic E-state index is 11.3. The molecule has 2 nitrogen and oxygen atoms in total. The Labute approximate surface area is 128 Å². The Kier molecular flexibility index (Phi) is 7.52. The van der Waals surface area contributed by atoms with Crippen LogP contribution in [0.4, 0.5) is 0 Å². The highest BCUT2D eigenvalue weighted by atomic mass is 16.5. The molecule has 21 heavy (non-hydrogen) atoms. The van der Waals surface area contributed by atoms with E-state index in [0.717, 1.165) is 24.8 Å². The largest absolute Gasteiger partial charge is 0.457 e. The summed E-state index contributed by atoms with van der Waals surface area (Å²) in [5, 5.41) is 0. The lowest BCUT2D eigenvalue weighted by Gasteiger charge is -2.16. The minimum absolute atomic E-state index is 0.192. The van der Waals surface area contributed by atoms with Gasteiger partial charge in [-0.1, -0.05) is 53.6 Å². The summed E-state index contributed by atoms with van der Waals surface area (Å²) in [4.78, 5) is 11.3. The SMILES string of the molecule is CC(=O)OC(C/C=C(\C)CCC=C(C)C)c1ccccc1. The van der Waals surface area contributed by atoms with Crippen LogP contribution in [0.2, 0.25) is 0 Å². The summed E-state index contributed by atoms with van der Waals surface area (Å²) in [7, 11) is 0. The molecule has 0 aliphatic carbocycles. The molecule has 0 aromatic heterocycles. The van der Waals surface area contributed by atoms with E-state index < -0.39 is 0 Å². The van der Waals surface area contributed by atoms with Gasteiger partial charge in [0, 0.05) is 13.3 Å². The van der Waals surface area contributed by atoms with Crippen LogP contribution < -0.4 is 0 Å². The lowest BCUT2D eigenvalue weighted by atomic mass is 10.0. The molecule has 0 amide bonds. The second-order valence-corrected chi connectivity index (χ2v) is 5.62. The first-order chi connectivity index (χ1) is 9.99. The summed E-state index contributed by atoms with van der Waals surface area (Å²) in [6.45, 7) is 7.83. The Morgan fingerprint density at radius 1 is 1.10 bits per heavy atom. The lowest BCUT2D eigenvalue weighted by Crippen LogP contribution is -2.07. The molecule has 0 saturated heterocycles. The number of allylic oxidation sites excluding steroid dienone is 3. The second-order valence-electron chi connectivity index (χ2n) is 5.62. The minimum atomic E-state index is -0.237. The van der Waals surface area contributed by atoms with E-state index in [1.54, 1.807) is 0 Å². The number of rotatable bonds is 7. The smallest absolute Gasteiger partial charge is 0.303 e. The molecule has 1 unspecified atom stereocenters. The van der Waals surface area contributed by atoms with Crippen LogP contribution in [-0.2, 0) is 9.53 Å². The highest BCUT2D eigenvalue weighted by Gasteiger charge is 2.12. The van der Waals surface area contributed by atoms with Crippen molar-refractivity contribution < 1.29 is 9.53 Å². The summed E-state index contributed by atoms with van der Waals surface area (Å²) in [6.07, 6.45) is 7.07. The van der Waals surface area contributed by atoms with Gasteiger partial charge in [-0.15, -0.1) is 0 Å². The molecule has 1 aromatic rings. The third-order valence-corrected chi connectivity index (χ3v) is 3.25. The summed E-state index contributed by atoms with van der Waals surface area (Å²) in [6, 6.07) is 9.91. The Morgan fingerprint density at radius 3 is 2.33 bits per heavy atom. The van der Waals surface area contributed by atoms with Crippen LogP contribution in [0.1, 0.15) is 58.6 Å². The van der Waals surface area contributed by atoms with E-state index in [1.165, 1.54) is 18.1 Å². The van der Waals surface area contributed by atoms with E-state index in [-0.39, 0.29) is 12.1 Å². The lowest BCUT2D eigenvalue weighted by molar-refractivity contribution is -0.146. The molecule has 0 spiro atoms. The van der Waals surface area contributed by atoms with Gasteiger partial charge in [0.25, 0.3) is 0 Å². The third-order valence-electron chi connectivity index (χ3n) is 3.25. The van der Waals surface area contributed by atoms with Gasteiger partial charge in [-0.2, -0.15) is 0 Å². The highest BCUT2D eigenvalue weighted by Crippen LogP contribution is 2.23. The van der Waals surface area contributed by atoms with E-state index in [9.17, 15) is 4.79 Å². The normalized spacial score (nSPS) is 12.7. The fourth-order valence-corrected chi connectivity index (χ4v) is 2.12. The Hall–Kier alpha value is -1.83. The van der Waals surface area contributed by atoms with E-state index in [2.05, 4.69) is 32.9 Å². The first kappa shape index (κ1) is 17.2. The van der Waals surface area contributed by atoms with Crippen molar-refractivity contribution in [3.05, 3.63) is 59.2 Å².